The molecule has 1 unspecified atom stereocenters. The maximum absolute atomic E-state index is 12.9. The van der Waals surface area contributed by atoms with Crippen LogP contribution in [0, 0.1) is 0 Å². The van der Waals surface area contributed by atoms with Gasteiger partial charge < -0.3 is 24.6 Å². The smallest absolute Gasteiger partial charge is 0.234 e. The molecule has 3 aromatic carbocycles. The van der Waals surface area contributed by atoms with E-state index in [9.17, 15) is 9.90 Å². The highest BCUT2D eigenvalue weighted by Crippen LogP contribution is 2.39. The predicted octanol–water partition coefficient (Wildman–Crippen LogP) is 3.88. The first-order valence-corrected chi connectivity index (χ1v) is 11.7. The molecule has 2 N–H and O–H groups in total. The molecule has 35 heavy (non-hydrogen) atoms. The van der Waals surface area contributed by atoms with Gasteiger partial charge in [-0.05, 0) is 59.4 Å². The largest absolute Gasteiger partial charge is 0.504 e. The van der Waals surface area contributed by atoms with Crippen LogP contribution >= 0.6 is 0 Å². The first kappa shape index (κ1) is 24.4. The summed E-state index contributed by atoms with van der Waals surface area (Å²) in [7, 11) is 4.78. The number of benzene rings is 3. The van der Waals surface area contributed by atoms with Gasteiger partial charge in [-0.1, -0.05) is 36.4 Å². The van der Waals surface area contributed by atoms with Gasteiger partial charge in [-0.3, -0.25) is 9.69 Å². The van der Waals surface area contributed by atoms with E-state index >= 15 is 0 Å². The second-order valence-electron chi connectivity index (χ2n) is 8.61. The molecule has 1 aliphatic heterocycles. The minimum atomic E-state index is -0.101. The molecule has 0 bridgehead atoms. The quantitative estimate of drug-likeness (QED) is 0.488. The van der Waals surface area contributed by atoms with Crippen LogP contribution in [0.15, 0.2) is 60.7 Å². The fourth-order valence-electron chi connectivity index (χ4n) is 4.63. The van der Waals surface area contributed by atoms with E-state index in [0.717, 1.165) is 35.2 Å². The number of hydrogen-bond acceptors (Lipinski definition) is 6. The molecule has 0 fully saturated rings. The zero-order valence-electron chi connectivity index (χ0n) is 20.4. The zero-order valence-corrected chi connectivity index (χ0v) is 20.4. The Hall–Kier alpha value is -3.71. The average Bonchev–Trinajstić information content (AvgIpc) is 2.89. The number of carbonyl (C=O) groups is 1. The number of rotatable bonds is 9. The molecule has 0 saturated carbocycles. The van der Waals surface area contributed by atoms with Crippen molar-refractivity contribution in [1.29, 1.82) is 0 Å². The third kappa shape index (κ3) is 5.69. The molecule has 4 rings (SSSR count). The number of phenols is 1. The number of nitrogens with zero attached hydrogens (tertiary/aromatic N) is 1. The molecule has 7 heteroatoms. The number of aromatic hydroxyl groups is 1. The van der Waals surface area contributed by atoms with Crippen LogP contribution in [0.2, 0.25) is 0 Å². The Morgan fingerprint density at radius 1 is 0.943 bits per heavy atom. The number of fused-ring (bicyclic) bond motifs is 1. The van der Waals surface area contributed by atoms with Gasteiger partial charge in [-0.2, -0.15) is 0 Å². The van der Waals surface area contributed by atoms with Crippen molar-refractivity contribution >= 4 is 5.91 Å². The van der Waals surface area contributed by atoms with Crippen molar-refractivity contribution in [2.45, 2.75) is 25.4 Å². The maximum atomic E-state index is 12.9. The first-order chi connectivity index (χ1) is 17.0. The summed E-state index contributed by atoms with van der Waals surface area (Å²) < 4.78 is 16.2. The van der Waals surface area contributed by atoms with E-state index in [4.69, 9.17) is 14.2 Å². The lowest BCUT2D eigenvalue weighted by atomic mass is 9.88. The molecule has 0 aliphatic carbocycles. The van der Waals surface area contributed by atoms with E-state index in [1.165, 1.54) is 0 Å². The molecule has 184 valence electrons. The van der Waals surface area contributed by atoms with Crippen molar-refractivity contribution in [3.05, 3.63) is 82.9 Å². The Morgan fingerprint density at radius 2 is 1.69 bits per heavy atom. The van der Waals surface area contributed by atoms with Crippen molar-refractivity contribution in [1.82, 2.24) is 10.2 Å². The van der Waals surface area contributed by atoms with Gasteiger partial charge in [0.25, 0.3) is 0 Å². The van der Waals surface area contributed by atoms with E-state index < -0.39 is 0 Å². The highest BCUT2D eigenvalue weighted by Gasteiger charge is 2.30. The molecular formula is C28H32N2O5. The number of ether oxygens (including phenoxy) is 3. The number of hydrogen-bond donors (Lipinski definition) is 2. The van der Waals surface area contributed by atoms with Gasteiger partial charge in [0.1, 0.15) is 0 Å². The third-order valence-corrected chi connectivity index (χ3v) is 6.47. The topological polar surface area (TPSA) is 80.3 Å². The molecule has 1 aliphatic rings. The summed E-state index contributed by atoms with van der Waals surface area (Å²) in [6, 6.07) is 19.3. The molecule has 0 radical (unpaired) electrons. The van der Waals surface area contributed by atoms with Crippen molar-refractivity contribution in [2.75, 3.05) is 34.4 Å². The van der Waals surface area contributed by atoms with Crippen molar-refractivity contribution in [3.8, 4) is 23.0 Å². The van der Waals surface area contributed by atoms with Crippen LogP contribution in [0.25, 0.3) is 0 Å². The van der Waals surface area contributed by atoms with Crippen molar-refractivity contribution in [2.24, 2.45) is 0 Å². The lowest BCUT2D eigenvalue weighted by Gasteiger charge is -2.37. The number of carbonyl (C=O) groups excluding carboxylic acids is 1. The van der Waals surface area contributed by atoms with Crippen LogP contribution in [0.3, 0.4) is 0 Å². The van der Waals surface area contributed by atoms with Crippen LogP contribution in [0.4, 0.5) is 0 Å². The number of nitrogens with one attached hydrogen (secondary N) is 1. The SMILES string of the molecule is COc1cc2c(cc1O)C(Cc1ccc(OC)c(OC)c1)N(CC(=O)NCc1ccccc1)CC2. The van der Waals surface area contributed by atoms with Crippen LogP contribution in [0.1, 0.15) is 28.3 Å². The Labute approximate surface area is 206 Å². The molecule has 1 amide bonds. The van der Waals surface area contributed by atoms with Crippen molar-refractivity contribution < 1.29 is 24.1 Å². The number of phenolic OH excluding ortho intramolecular Hbond substituents is 1. The second-order valence-corrected chi connectivity index (χ2v) is 8.61. The third-order valence-electron chi connectivity index (χ3n) is 6.47. The molecule has 0 aromatic heterocycles. The summed E-state index contributed by atoms with van der Waals surface area (Å²) in [6.07, 6.45) is 1.41. The van der Waals surface area contributed by atoms with Crippen molar-refractivity contribution in [3.63, 3.8) is 0 Å². The standard InChI is InChI=1S/C28H32N2O5/c1-33-25-10-9-20(14-27(25)35-3)13-23-22-16-24(31)26(34-2)15-21(22)11-12-30(23)18-28(32)29-17-19-7-5-4-6-8-19/h4-10,14-16,23,31H,11-13,17-18H2,1-3H3,(H,29,32). The van der Waals surface area contributed by atoms with Gasteiger partial charge in [0, 0.05) is 19.1 Å². The predicted molar refractivity (Wildman–Crippen MR) is 134 cm³/mol. The number of methoxy groups -OCH3 is 3. The van der Waals surface area contributed by atoms with Gasteiger partial charge >= 0.3 is 0 Å². The van der Waals surface area contributed by atoms with Crippen LogP contribution in [-0.4, -0.2) is 50.3 Å². The van der Waals surface area contributed by atoms with Gasteiger partial charge in [-0.15, -0.1) is 0 Å². The molecule has 7 nitrogen and oxygen atoms in total. The molecule has 0 saturated heterocycles. The minimum Gasteiger partial charge on any atom is -0.504 e. The summed E-state index contributed by atoms with van der Waals surface area (Å²) >= 11 is 0. The van der Waals surface area contributed by atoms with Gasteiger partial charge in [0.05, 0.1) is 27.9 Å². The van der Waals surface area contributed by atoms with Crippen LogP contribution < -0.4 is 19.5 Å². The van der Waals surface area contributed by atoms with E-state index in [2.05, 4.69) is 10.2 Å². The fraction of sp³-hybridized carbons (Fsp3) is 0.321. The maximum Gasteiger partial charge on any atom is 0.234 e. The van der Waals surface area contributed by atoms with E-state index in [-0.39, 0.29) is 24.2 Å². The van der Waals surface area contributed by atoms with E-state index in [0.29, 0.717) is 30.2 Å². The van der Waals surface area contributed by atoms with Gasteiger partial charge in [0.2, 0.25) is 5.91 Å². The zero-order chi connectivity index (χ0) is 24.8. The fourth-order valence-corrected chi connectivity index (χ4v) is 4.63. The van der Waals surface area contributed by atoms with Gasteiger partial charge in [0.15, 0.2) is 23.0 Å². The van der Waals surface area contributed by atoms with Gasteiger partial charge in [-0.25, -0.2) is 0 Å². The number of amides is 1. The normalized spacial score (nSPS) is 15.2. The summed E-state index contributed by atoms with van der Waals surface area (Å²) in [5.41, 5.74) is 4.22. The second kappa shape index (κ2) is 11.1. The minimum absolute atomic E-state index is 0.0349. The Kier molecular flexibility index (Phi) is 7.77. The molecule has 3 aromatic rings. The average molecular weight is 477 g/mol. The summed E-state index contributed by atoms with van der Waals surface area (Å²) in [5, 5.41) is 13.6. The lowest BCUT2D eigenvalue weighted by Crippen LogP contribution is -2.43. The summed E-state index contributed by atoms with van der Waals surface area (Å²) in [4.78, 5) is 15.1. The molecule has 0 spiro atoms. The Balaban J connectivity index is 1.58. The molecule has 1 atom stereocenters. The lowest BCUT2D eigenvalue weighted by molar-refractivity contribution is -0.123. The highest BCUT2D eigenvalue weighted by atomic mass is 16.5. The van der Waals surface area contributed by atoms with Crippen LogP contribution in [-0.2, 0) is 24.2 Å². The highest BCUT2D eigenvalue weighted by molar-refractivity contribution is 5.78. The van der Waals surface area contributed by atoms with E-state index in [1.807, 2.05) is 54.6 Å². The molecule has 1 heterocycles. The van der Waals surface area contributed by atoms with E-state index in [1.54, 1.807) is 27.4 Å². The summed E-state index contributed by atoms with van der Waals surface area (Å²) in [5.74, 6) is 1.85. The summed E-state index contributed by atoms with van der Waals surface area (Å²) in [6.45, 7) is 1.47. The first-order valence-electron chi connectivity index (χ1n) is 11.7. The monoisotopic (exact) mass is 476 g/mol. The Bertz CT molecular complexity index is 1170. The Morgan fingerprint density at radius 3 is 2.40 bits per heavy atom. The van der Waals surface area contributed by atoms with Crippen LogP contribution in [0.5, 0.6) is 23.0 Å². The molecular weight excluding hydrogens is 444 g/mol.